The van der Waals surface area contributed by atoms with E-state index in [1.807, 2.05) is 55.4 Å². The van der Waals surface area contributed by atoms with Gasteiger partial charge < -0.3 is 25.2 Å². The highest BCUT2D eigenvalue weighted by Crippen LogP contribution is 2.30. The normalized spacial score (nSPS) is 16.1. The van der Waals surface area contributed by atoms with Crippen LogP contribution in [-0.4, -0.2) is 51.4 Å². The smallest absolute Gasteiger partial charge is 0.315 e. The predicted molar refractivity (Wildman–Crippen MR) is 108 cm³/mol. The number of carbonyl (C=O) groups is 1. The number of aromatic nitrogens is 1. The zero-order valence-corrected chi connectivity index (χ0v) is 16.1. The molecule has 144 valence electrons. The van der Waals surface area contributed by atoms with E-state index in [4.69, 9.17) is 4.74 Å². The van der Waals surface area contributed by atoms with Gasteiger partial charge in [0.15, 0.2) is 0 Å². The van der Waals surface area contributed by atoms with Crippen molar-refractivity contribution in [2.24, 2.45) is 0 Å². The number of hydrogen-bond donors (Lipinski definition) is 2. The average molecular weight is 369 g/mol. The first kappa shape index (κ1) is 18.8. The molecule has 1 fully saturated rings. The minimum absolute atomic E-state index is 0.108. The van der Waals surface area contributed by atoms with Gasteiger partial charge in [0.05, 0.1) is 12.8 Å². The maximum atomic E-state index is 12.3. The van der Waals surface area contributed by atoms with Crippen molar-refractivity contribution in [2.45, 2.75) is 19.0 Å². The van der Waals surface area contributed by atoms with Gasteiger partial charge in [-0.25, -0.2) is 9.78 Å². The Balaban J connectivity index is 1.52. The predicted octanol–water partition coefficient (Wildman–Crippen LogP) is 2.23. The second-order valence-electron chi connectivity index (χ2n) is 6.81. The van der Waals surface area contributed by atoms with Gasteiger partial charge in [0.1, 0.15) is 11.6 Å². The van der Waals surface area contributed by atoms with E-state index in [0.29, 0.717) is 6.54 Å². The van der Waals surface area contributed by atoms with Gasteiger partial charge in [-0.2, -0.15) is 0 Å². The fourth-order valence-corrected chi connectivity index (χ4v) is 3.37. The fraction of sp³-hybridized carbons (Fsp3) is 0.400. The number of carbonyl (C=O) groups excluding carboxylic acids is 1. The van der Waals surface area contributed by atoms with E-state index < -0.39 is 0 Å². The lowest BCUT2D eigenvalue weighted by atomic mass is 10.2. The third kappa shape index (κ3) is 4.61. The molecule has 2 amide bonds. The Kier molecular flexibility index (Phi) is 6.01. The van der Waals surface area contributed by atoms with Crippen LogP contribution in [0.25, 0.3) is 0 Å². The lowest BCUT2D eigenvalue weighted by Crippen LogP contribution is -2.43. The summed E-state index contributed by atoms with van der Waals surface area (Å²) in [6.45, 7) is 2.10. The van der Waals surface area contributed by atoms with Crippen molar-refractivity contribution in [2.75, 3.05) is 44.1 Å². The molecule has 2 heterocycles. The zero-order chi connectivity index (χ0) is 19.2. The van der Waals surface area contributed by atoms with Crippen molar-refractivity contribution in [3.63, 3.8) is 0 Å². The molecule has 0 aliphatic carbocycles. The lowest BCUT2D eigenvalue weighted by molar-refractivity contribution is 0.237. The maximum Gasteiger partial charge on any atom is 0.315 e. The Hall–Kier alpha value is -2.96. The van der Waals surface area contributed by atoms with Crippen LogP contribution < -0.4 is 25.2 Å². The number of para-hydroxylation sites is 2. The van der Waals surface area contributed by atoms with Crippen molar-refractivity contribution in [1.29, 1.82) is 0 Å². The Morgan fingerprint density at radius 1 is 1.30 bits per heavy atom. The highest BCUT2D eigenvalue weighted by Gasteiger charge is 2.25. The topological polar surface area (TPSA) is 69.7 Å². The van der Waals surface area contributed by atoms with Crippen LogP contribution in [0.2, 0.25) is 0 Å². The summed E-state index contributed by atoms with van der Waals surface area (Å²) in [5, 5.41) is 6.01. The van der Waals surface area contributed by atoms with Gasteiger partial charge in [-0.15, -0.1) is 0 Å². The summed E-state index contributed by atoms with van der Waals surface area (Å²) < 4.78 is 5.44. The van der Waals surface area contributed by atoms with Crippen molar-refractivity contribution in [3.05, 3.63) is 48.2 Å². The summed E-state index contributed by atoms with van der Waals surface area (Å²) in [4.78, 5) is 20.9. The molecular weight excluding hydrogens is 342 g/mol. The molecule has 7 heteroatoms. The molecule has 0 radical (unpaired) electrons. The molecule has 27 heavy (non-hydrogen) atoms. The molecule has 0 saturated carbocycles. The summed E-state index contributed by atoms with van der Waals surface area (Å²) in [6.07, 6.45) is 2.66. The summed E-state index contributed by atoms with van der Waals surface area (Å²) in [6, 6.07) is 11.8. The Morgan fingerprint density at radius 3 is 2.89 bits per heavy atom. The standard InChI is InChI=1S/C20H27N5O2/c1-24(2)19-15(7-6-11-21-19)13-22-20(26)23-16-10-12-25(14-16)17-8-4-5-9-18(17)27-3/h4-9,11,16H,10,12-14H2,1-3H3,(H2,22,23,26). The van der Waals surface area contributed by atoms with Gasteiger partial charge in [0, 0.05) is 51.5 Å². The quantitative estimate of drug-likeness (QED) is 0.817. The molecule has 2 N–H and O–H groups in total. The van der Waals surface area contributed by atoms with Gasteiger partial charge in [-0.3, -0.25) is 0 Å². The molecule has 3 rings (SSSR count). The number of amides is 2. The van der Waals surface area contributed by atoms with Crippen LogP contribution >= 0.6 is 0 Å². The molecule has 1 saturated heterocycles. The summed E-state index contributed by atoms with van der Waals surface area (Å²) in [5.74, 6) is 1.72. The second-order valence-corrected chi connectivity index (χ2v) is 6.81. The third-order valence-electron chi connectivity index (χ3n) is 4.68. The van der Waals surface area contributed by atoms with Crippen LogP contribution in [0.3, 0.4) is 0 Å². The summed E-state index contributed by atoms with van der Waals surface area (Å²) in [7, 11) is 5.56. The third-order valence-corrected chi connectivity index (χ3v) is 4.68. The highest BCUT2D eigenvalue weighted by molar-refractivity contribution is 5.74. The van der Waals surface area contributed by atoms with Crippen molar-refractivity contribution in [3.8, 4) is 5.75 Å². The number of anilines is 2. The molecule has 0 bridgehead atoms. The Bertz CT molecular complexity index is 780. The lowest BCUT2D eigenvalue weighted by Gasteiger charge is -2.21. The van der Waals surface area contributed by atoms with E-state index in [9.17, 15) is 4.79 Å². The molecule has 1 unspecified atom stereocenters. The van der Waals surface area contributed by atoms with E-state index in [1.54, 1.807) is 13.3 Å². The zero-order valence-electron chi connectivity index (χ0n) is 16.1. The van der Waals surface area contributed by atoms with E-state index in [2.05, 4.69) is 20.5 Å². The molecule has 1 aliphatic heterocycles. The minimum Gasteiger partial charge on any atom is -0.495 e. The van der Waals surface area contributed by atoms with E-state index >= 15 is 0 Å². The van der Waals surface area contributed by atoms with Crippen molar-refractivity contribution in [1.82, 2.24) is 15.6 Å². The van der Waals surface area contributed by atoms with Gasteiger partial charge in [-0.05, 0) is 24.6 Å². The van der Waals surface area contributed by atoms with E-state index in [1.165, 1.54) is 0 Å². The second kappa shape index (κ2) is 8.62. The van der Waals surface area contributed by atoms with Crippen LogP contribution in [-0.2, 0) is 6.54 Å². The minimum atomic E-state index is -0.157. The number of pyridine rings is 1. The molecule has 1 atom stereocenters. The number of rotatable bonds is 6. The highest BCUT2D eigenvalue weighted by atomic mass is 16.5. The summed E-state index contributed by atoms with van der Waals surface area (Å²) in [5.41, 5.74) is 2.05. The Labute approximate surface area is 160 Å². The van der Waals surface area contributed by atoms with Crippen LogP contribution in [0.4, 0.5) is 16.3 Å². The number of hydrogen-bond acceptors (Lipinski definition) is 5. The van der Waals surface area contributed by atoms with E-state index in [0.717, 1.165) is 42.3 Å². The van der Waals surface area contributed by atoms with Crippen LogP contribution in [0.5, 0.6) is 5.75 Å². The fourth-order valence-electron chi connectivity index (χ4n) is 3.37. The first-order valence-corrected chi connectivity index (χ1v) is 9.12. The van der Waals surface area contributed by atoms with Gasteiger partial charge in [0.25, 0.3) is 0 Å². The molecular formula is C20H27N5O2. The Morgan fingerprint density at radius 2 is 2.11 bits per heavy atom. The molecule has 0 spiro atoms. The van der Waals surface area contributed by atoms with Crippen LogP contribution in [0.1, 0.15) is 12.0 Å². The van der Waals surface area contributed by atoms with Gasteiger partial charge in [-0.1, -0.05) is 18.2 Å². The van der Waals surface area contributed by atoms with Gasteiger partial charge in [0.2, 0.25) is 0 Å². The monoisotopic (exact) mass is 369 g/mol. The molecule has 1 aliphatic rings. The van der Waals surface area contributed by atoms with Crippen molar-refractivity contribution < 1.29 is 9.53 Å². The number of ether oxygens (including phenoxy) is 1. The molecule has 1 aromatic carbocycles. The number of methoxy groups -OCH3 is 1. The van der Waals surface area contributed by atoms with Gasteiger partial charge >= 0.3 is 6.03 Å². The average Bonchev–Trinajstić information content (AvgIpc) is 3.14. The van der Waals surface area contributed by atoms with Crippen molar-refractivity contribution >= 4 is 17.5 Å². The molecule has 7 nitrogen and oxygen atoms in total. The number of nitrogens with zero attached hydrogens (tertiary/aromatic N) is 3. The maximum absolute atomic E-state index is 12.3. The molecule has 2 aromatic rings. The largest absolute Gasteiger partial charge is 0.495 e. The SMILES string of the molecule is COc1ccccc1N1CCC(NC(=O)NCc2cccnc2N(C)C)C1. The summed E-state index contributed by atoms with van der Waals surface area (Å²) >= 11 is 0. The first-order chi connectivity index (χ1) is 13.1. The number of urea groups is 1. The number of nitrogens with one attached hydrogen (secondary N) is 2. The van der Waals surface area contributed by atoms with Crippen LogP contribution in [0.15, 0.2) is 42.6 Å². The number of benzene rings is 1. The van der Waals surface area contributed by atoms with E-state index in [-0.39, 0.29) is 12.1 Å². The van der Waals surface area contributed by atoms with Crippen LogP contribution in [0, 0.1) is 0 Å². The molecule has 1 aromatic heterocycles. The first-order valence-electron chi connectivity index (χ1n) is 9.12.